The van der Waals surface area contributed by atoms with E-state index < -0.39 is 0 Å². The lowest BCUT2D eigenvalue weighted by Crippen LogP contribution is -2.53. The number of carbonyl (C=O) groups is 1. The van der Waals surface area contributed by atoms with Gasteiger partial charge in [-0.3, -0.25) is 4.79 Å². The van der Waals surface area contributed by atoms with Gasteiger partial charge < -0.3 is 10.2 Å². The van der Waals surface area contributed by atoms with Gasteiger partial charge in [0.25, 0.3) is 0 Å². The van der Waals surface area contributed by atoms with Crippen molar-refractivity contribution < 1.29 is 4.79 Å². The van der Waals surface area contributed by atoms with E-state index in [9.17, 15) is 4.79 Å². The van der Waals surface area contributed by atoms with Gasteiger partial charge in [-0.25, -0.2) is 0 Å². The molecule has 1 N–H and O–H groups in total. The molecule has 0 radical (unpaired) electrons. The third kappa shape index (κ3) is 1.76. The SMILES string of the molecule is CN(C)C=C1C(=O)NC2(C(C)(C)C)CCCC12. The van der Waals surface area contributed by atoms with Gasteiger partial charge >= 0.3 is 0 Å². The van der Waals surface area contributed by atoms with Crippen LogP contribution in [0.15, 0.2) is 11.8 Å². The van der Waals surface area contributed by atoms with Crippen molar-refractivity contribution in [3.8, 4) is 0 Å². The minimum Gasteiger partial charge on any atom is -0.383 e. The fraction of sp³-hybridized carbons (Fsp3) is 0.786. The molecule has 2 rings (SSSR count). The first kappa shape index (κ1) is 12.5. The number of hydrogen-bond acceptors (Lipinski definition) is 2. The van der Waals surface area contributed by atoms with Crippen molar-refractivity contribution in [1.82, 2.24) is 10.2 Å². The number of amides is 1. The van der Waals surface area contributed by atoms with Crippen molar-refractivity contribution in [2.45, 2.75) is 45.6 Å². The Morgan fingerprint density at radius 3 is 2.59 bits per heavy atom. The zero-order valence-electron chi connectivity index (χ0n) is 11.6. The highest BCUT2D eigenvalue weighted by Crippen LogP contribution is 2.53. The van der Waals surface area contributed by atoms with Gasteiger partial charge in [-0.1, -0.05) is 27.2 Å². The first-order chi connectivity index (χ1) is 7.78. The summed E-state index contributed by atoms with van der Waals surface area (Å²) in [5, 5.41) is 3.29. The van der Waals surface area contributed by atoms with Gasteiger partial charge in [0.1, 0.15) is 0 Å². The van der Waals surface area contributed by atoms with Crippen LogP contribution in [0.5, 0.6) is 0 Å². The van der Waals surface area contributed by atoms with E-state index in [1.165, 1.54) is 6.42 Å². The molecular formula is C14H24N2O. The normalized spacial score (nSPS) is 35.0. The molecular weight excluding hydrogens is 212 g/mol. The summed E-state index contributed by atoms with van der Waals surface area (Å²) < 4.78 is 0. The summed E-state index contributed by atoms with van der Waals surface area (Å²) in [6.45, 7) is 6.72. The average molecular weight is 236 g/mol. The fourth-order valence-electron chi connectivity index (χ4n) is 3.52. The maximum absolute atomic E-state index is 12.2. The first-order valence-electron chi connectivity index (χ1n) is 6.48. The van der Waals surface area contributed by atoms with Crippen LogP contribution in [0.25, 0.3) is 0 Å². The lowest BCUT2D eigenvalue weighted by atomic mass is 9.68. The maximum Gasteiger partial charge on any atom is 0.249 e. The highest BCUT2D eigenvalue weighted by Gasteiger charge is 2.58. The van der Waals surface area contributed by atoms with Crippen LogP contribution in [-0.4, -0.2) is 30.4 Å². The van der Waals surface area contributed by atoms with Crippen LogP contribution in [-0.2, 0) is 4.79 Å². The monoisotopic (exact) mass is 236 g/mol. The fourth-order valence-corrected chi connectivity index (χ4v) is 3.52. The van der Waals surface area contributed by atoms with Crippen LogP contribution in [0, 0.1) is 11.3 Å². The minimum absolute atomic E-state index is 0.0219. The zero-order valence-corrected chi connectivity index (χ0v) is 11.6. The molecule has 0 aromatic rings. The summed E-state index contributed by atoms with van der Waals surface area (Å²) in [4.78, 5) is 14.1. The second-order valence-electron chi connectivity index (χ2n) is 6.67. The summed E-state index contributed by atoms with van der Waals surface area (Å²) in [6, 6.07) is 0. The van der Waals surface area contributed by atoms with E-state index in [0.717, 1.165) is 18.4 Å². The van der Waals surface area contributed by atoms with E-state index >= 15 is 0 Å². The molecule has 2 fully saturated rings. The molecule has 0 aromatic carbocycles. The summed E-state index contributed by atoms with van der Waals surface area (Å²) in [6.07, 6.45) is 5.46. The Labute approximate surface area is 104 Å². The molecule has 1 saturated carbocycles. The van der Waals surface area contributed by atoms with Gasteiger partial charge in [-0.2, -0.15) is 0 Å². The van der Waals surface area contributed by atoms with E-state index in [4.69, 9.17) is 0 Å². The Kier molecular flexibility index (Phi) is 2.75. The highest BCUT2D eigenvalue weighted by molar-refractivity contribution is 5.98. The smallest absolute Gasteiger partial charge is 0.249 e. The largest absolute Gasteiger partial charge is 0.383 e. The lowest BCUT2D eigenvalue weighted by molar-refractivity contribution is -0.118. The summed E-state index contributed by atoms with van der Waals surface area (Å²) in [5.41, 5.74) is 1.07. The number of rotatable bonds is 1. The van der Waals surface area contributed by atoms with Crippen molar-refractivity contribution in [2.75, 3.05) is 14.1 Å². The molecule has 1 aliphatic carbocycles. The minimum atomic E-state index is -0.0219. The molecule has 3 nitrogen and oxygen atoms in total. The number of fused-ring (bicyclic) bond motifs is 1. The Balaban J connectivity index is 2.42. The number of hydrogen-bond donors (Lipinski definition) is 1. The Hall–Kier alpha value is -0.990. The van der Waals surface area contributed by atoms with E-state index in [-0.39, 0.29) is 16.9 Å². The zero-order chi connectivity index (χ0) is 12.8. The molecule has 2 atom stereocenters. The number of carbonyl (C=O) groups excluding carboxylic acids is 1. The molecule has 17 heavy (non-hydrogen) atoms. The first-order valence-corrected chi connectivity index (χ1v) is 6.48. The molecule has 2 unspecified atom stereocenters. The van der Waals surface area contributed by atoms with E-state index in [0.29, 0.717) is 5.92 Å². The molecule has 0 aromatic heterocycles. The van der Waals surface area contributed by atoms with Crippen LogP contribution >= 0.6 is 0 Å². The Morgan fingerprint density at radius 2 is 2.06 bits per heavy atom. The van der Waals surface area contributed by atoms with Crippen LogP contribution in [0.2, 0.25) is 0 Å². The molecule has 0 bridgehead atoms. The van der Waals surface area contributed by atoms with Crippen LogP contribution in [0.1, 0.15) is 40.0 Å². The molecule has 3 heteroatoms. The van der Waals surface area contributed by atoms with Crippen molar-refractivity contribution in [3.05, 3.63) is 11.8 Å². The van der Waals surface area contributed by atoms with Gasteiger partial charge in [0.2, 0.25) is 5.91 Å². The van der Waals surface area contributed by atoms with Crippen molar-refractivity contribution in [2.24, 2.45) is 11.3 Å². The predicted octanol–water partition coefficient (Wildman–Crippen LogP) is 2.15. The molecule has 1 heterocycles. The molecule has 1 saturated heterocycles. The number of nitrogens with zero attached hydrogens (tertiary/aromatic N) is 1. The quantitative estimate of drug-likeness (QED) is 0.708. The van der Waals surface area contributed by atoms with Crippen LogP contribution in [0.3, 0.4) is 0 Å². The third-order valence-corrected chi connectivity index (χ3v) is 4.37. The summed E-state index contributed by atoms with van der Waals surface area (Å²) in [5.74, 6) is 0.524. The topological polar surface area (TPSA) is 32.3 Å². The molecule has 2 aliphatic rings. The maximum atomic E-state index is 12.2. The lowest BCUT2D eigenvalue weighted by Gasteiger charge is -2.42. The van der Waals surface area contributed by atoms with E-state index in [1.54, 1.807) is 0 Å². The highest BCUT2D eigenvalue weighted by atomic mass is 16.2. The Bertz CT molecular complexity index is 365. The van der Waals surface area contributed by atoms with Crippen LogP contribution in [0.4, 0.5) is 0 Å². The molecule has 0 spiro atoms. The molecule has 1 aliphatic heterocycles. The second kappa shape index (κ2) is 3.76. The van der Waals surface area contributed by atoms with Gasteiger partial charge in [0.15, 0.2) is 0 Å². The van der Waals surface area contributed by atoms with Gasteiger partial charge in [0.05, 0.1) is 5.54 Å². The van der Waals surface area contributed by atoms with Crippen molar-refractivity contribution in [3.63, 3.8) is 0 Å². The van der Waals surface area contributed by atoms with Gasteiger partial charge in [-0.15, -0.1) is 0 Å². The van der Waals surface area contributed by atoms with Gasteiger partial charge in [-0.05, 0) is 18.3 Å². The molecule has 96 valence electrons. The van der Waals surface area contributed by atoms with E-state index in [1.807, 2.05) is 25.2 Å². The average Bonchev–Trinajstić information content (AvgIpc) is 2.65. The van der Waals surface area contributed by atoms with Crippen LogP contribution < -0.4 is 5.32 Å². The Morgan fingerprint density at radius 1 is 1.41 bits per heavy atom. The second-order valence-corrected chi connectivity index (χ2v) is 6.67. The third-order valence-electron chi connectivity index (χ3n) is 4.37. The van der Waals surface area contributed by atoms with E-state index in [2.05, 4.69) is 26.1 Å². The van der Waals surface area contributed by atoms with Gasteiger partial charge in [0, 0.05) is 31.8 Å². The summed E-state index contributed by atoms with van der Waals surface area (Å²) in [7, 11) is 3.96. The summed E-state index contributed by atoms with van der Waals surface area (Å²) >= 11 is 0. The van der Waals surface area contributed by atoms with Crippen molar-refractivity contribution >= 4 is 5.91 Å². The predicted molar refractivity (Wildman–Crippen MR) is 69.4 cm³/mol. The van der Waals surface area contributed by atoms with Crippen molar-refractivity contribution in [1.29, 1.82) is 0 Å². The number of nitrogens with one attached hydrogen (secondary N) is 1. The standard InChI is InChI=1S/C14H24N2O/c1-13(2,3)14-8-6-7-11(14)10(9-16(4)5)12(17)15-14/h9,11H,6-8H2,1-5H3,(H,15,17). The molecule has 1 amide bonds.